The van der Waals surface area contributed by atoms with Crippen LogP contribution in [0.15, 0.2) is 12.1 Å². The van der Waals surface area contributed by atoms with Crippen LogP contribution in [0.3, 0.4) is 0 Å². The normalized spacial score (nSPS) is 19.5. The maximum atomic E-state index is 10.2. The Labute approximate surface area is 115 Å². The smallest absolute Gasteiger partial charge is 0.131 e. The van der Waals surface area contributed by atoms with Crippen molar-refractivity contribution in [2.75, 3.05) is 0 Å². The van der Waals surface area contributed by atoms with Gasteiger partial charge in [-0.05, 0) is 63.5 Å². The van der Waals surface area contributed by atoms with Crippen LogP contribution in [0.5, 0.6) is 5.75 Å². The fraction of sp³-hybridized carbons (Fsp3) is 0.500. The van der Waals surface area contributed by atoms with Gasteiger partial charge in [-0.25, -0.2) is 0 Å². The number of hydrogen-bond acceptors (Lipinski definition) is 3. The molecule has 0 bridgehead atoms. The number of aliphatic hydroxyl groups excluding tert-OH is 1. The highest BCUT2D eigenvalue weighted by molar-refractivity contribution is 5.68. The number of hydrogen-bond donors (Lipinski definition) is 2. The Morgan fingerprint density at radius 1 is 1.32 bits per heavy atom. The van der Waals surface area contributed by atoms with E-state index in [0.717, 1.165) is 28.0 Å². The zero-order valence-corrected chi connectivity index (χ0v) is 12.3. The minimum absolute atomic E-state index is 0.286. The molecule has 0 aliphatic carbocycles. The number of aryl methyl sites for hydroxylation is 1. The van der Waals surface area contributed by atoms with Gasteiger partial charge in [-0.15, -0.1) is 0 Å². The van der Waals surface area contributed by atoms with E-state index in [9.17, 15) is 5.11 Å². The summed E-state index contributed by atoms with van der Waals surface area (Å²) in [5, 5.41) is 10.2. The summed E-state index contributed by atoms with van der Waals surface area (Å²) >= 11 is 0. The Balaban J connectivity index is 2.58. The molecule has 2 atom stereocenters. The molecule has 1 heterocycles. The summed E-state index contributed by atoms with van der Waals surface area (Å²) in [7, 11) is 0. The van der Waals surface area contributed by atoms with Crippen molar-refractivity contribution < 1.29 is 9.84 Å². The van der Waals surface area contributed by atoms with E-state index in [2.05, 4.69) is 6.08 Å². The summed E-state index contributed by atoms with van der Waals surface area (Å²) in [6.07, 6.45) is 3.48. The second-order valence-corrected chi connectivity index (χ2v) is 5.99. The fourth-order valence-corrected chi connectivity index (χ4v) is 2.45. The minimum Gasteiger partial charge on any atom is -0.483 e. The van der Waals surface area contributed by atoms with E-state index in [1.54, 1.807) is 0 Å². The van der Waals surface area contributed by atoms with Crippen LogP contribution < -0.4 is 10.5 Å². The lowest BCUT2D eigenvalue weighted by Crippen LogP contribution is -2.29. The molecule has 3 nitrogen and oxygen atoms in total. The maximum Gasteiger partial charge on any atom is 0.131 e. The van der Waals surface area contributed by atoms with Crippen molar-refractivity contribution in [2.45, 2.75) is 52.4 Å². The van der Waals surface area contributed by atoms with Gasteiger partial charge in [-0.2, -0.15) is 0 Å². The van der Waals surface area contributed by atoms with Crippen molar-refractivity contribution in [3.05, 3.63) is 34.4 Å². The fourth-order valence-electron chi connectivity index (χ4n) is 2.45. The Morgan fingerprint density at radius 3 is 2.53 bits per heavy atom. The number of aliphatic hydroxyl groups is 1. The summed E-state index contributed by atoms with van der Waals surface area (Å²) in [5.74, 6) is 0.908. The van der Waals surface area contributed by atoms with Gasteiger partial charge < -0.3 is 15.6 Å². The third kappa shape index (κ3) is 2.53. The van der Waals surface area contributed by atoms with Gasteiger partial charge >= 0.3 is 0 Å². The van der Waals surface area contributed by atoms with E-state index >= 15 is 0 Å². The van der Waals surface area contributed by atoms with Crippen LogP contribution in [0.4, 0.5) is 0 Å². The van der Waals surface area contributed by atoms with Gasteiger partial charge in [0.05, 0.1) is 6.10 Å². The molecule has 2 rings (SSSR count). The Kier molecular flexibility index (Phi) is 3.45. The van der Waals surface area contributed by atoms with E-state index in [1.807, 2.05) is 46.8 Å². The predicted molar refractivity (Wildman–Crippen MR) is 78.3 cm³/mol. The molecule has 0 fully saturated rings. The summed E-state index contributed by atoms with van der Waals surface area (Å²) in [6, 6.07) is 1.69. The van der Waals surface area contributed by atoms with Crippen LogP contribution in [-0.2, 0) is 0 Å². The van der Waals surface area contributed by atoms with Crippen LogP contribution in [0.1, 0.15) is 49.1 Å². The van der Waals surface area contributed by atoms with E-state index in [4.69, 9.17) is 10.5 Å². The summed E-state index contributed by atoms with van der Waals surface area (Å²) in [6.45, 7) is 9.89. The highest BCUT2D eigenvalue weighted by Crippen LogP contribution is 2.39. The van der Waals surface area contributed by atoms with Crippen molar-refractivity contribution in [2.24, 2.45) is 5.73 Å². The third-order valence-corrected chi connectivity index (χ3v) is 3.64. The van der Waals surface area contributed by atoms with E-state index in [1.165, 1.54) is 0 Å². The highest BCUT2D eigenvalue weighted by Gasteiger charge is 2.27. The summed E-state index contributed by atoms with van der Waals surface area (Å²) < 4.78 is 6.03. The lowest BCUT2D eigenvalue weighted by atomic mass is 9.89. The molecule has 3 N–H and O–H groups in total. The van der Waals surface area contributed by atoms with Gasteiger partial charge in [0.15, 0.2) is 0 Å². The number of nitrogens with two attached hydrogens (primary N) is 1. The first kappa shape index (κ1) is 14.1. The number of fused-ring (bicyclic) bond motifs is 1. The van der Waals surface area contributed by atoms with E-state index in [-0.39, 0.29) is 11.6 Å². The molecular weight excluding hydrogens is 238 g/mol. The molecule has 0 spiro atoms. The van der Waals surface area contributed by atoms with Gasteiger partial charge in [-0.1, -0.05) is 6.08 Å². The molecule has 19 heavy (non-hydrogen) atoms. The minimum atomic E-state index is -0.646. The number of benzene rings is 1. The van der Waals surface area contributed by atoms with Crippen LogP contribution in [-0.4, -0.2) is 16.7 Å². The molecule has 1 aromatic rings. The monoisotopic (exact) mass is 261 g/mol. The molecule has 0 saturated carbocycles. The molecule has 0 aromatic heterocycles. The predicted octanol–water partition coefficient (Wildman–Crippen LogP) is 2.87. The molecule has 3 heteroatoms. The lowest BCUT2D eigenvalue weighted by Gasteiger charge is -2.31. The lowest BCUT2D eigenvalue weighted by molar-refractivity contribution is 0.149. The molecule has 1 aliphatic heterocycles. The van der Waals surface area contributed by atoms with Crippen molar-refractivity contribution in [3.8, 4) is 5.75 Å². The SMILES string of the molecule is Cc1cc(C(O)C(C)N)c(C)c2c1OC(C)(C)C=C2. The van der Waals surface area contributed by atoms with Crippen LogP contribution in [0, 0.1) is 13.8 Å². The maximum absolute atomic E-state index is 10.2. The molecule has 1 aliphatic rings. The summed E-state index contributed by atoms with van der Waals surface area (Å²) in [5.41, 5.74) is 9.53. The molecule has 1 aromatic carbocycles. The van der Waals surface area contributed by atoms with Gasteiger partial charge in [0.25, 0.3) is 0 Å². The van der Waals surface area contributed by atoms with Crippen LogP contribution >= 0.6 is 0 Å². The van der Waals surface area contributed by atoms with Crippen molar-refractivity contribution in [3.63, 3.8) is 0 Å². The van der Waals surface area contributed by atoms with Crippen molar-refractivity contribution >= 4 is 6.08 Å². The number of rotatable bonds is 2. The first-order valence-electron chi connectivity index (χ1n) is 6.69. The Bertz CT molecular complexity index is 530. The quantitative estimate of drug-likeness (QED) is 0.860. The second kappa shape index (κ2) is 4.66. The standard InChI is InChI=1S/C16H23NO2/c1-9-8-13(14(18)11(3)17)10(2)12-6-7-16(4,5)19-15(9)12/h6-8,11,14,18H,17H2,1-5H3. The zero-order chi connectivity index (χ0) is 14.4. The number of ether oxygens (including phenoxy) is 1. The van der Waals surface area contributed by atoms with Crippen LogP contribution in [0.25, 0.3) is 6.08 Å². The largest absolute Gasteiger partial charge is 0.483 e. The molecule has 0 radical (unpaired) electrons. The molecule has 104 valence electrons. The topological polar surface area (TPSA) is 55.5 Å². The molecular formula is C16H23NO2. The van der Waals surface area contributed by atoms with Crippen molar-refractivity contribution in [1.82, 2.24) is 0 Å². The first-order chi connectivity index (χ1) is 8.73. The third-order valence-electron chi connectivity index (χ3n) is 3.64. The zero-order valence-electron chi connectivity index (χ0n) is 12.3. The van der Waals surface area contributed by atoms with Crippen LogP contribution in [0.2, 0.25) is 0 Å². The average molecular weight is 261 g/mol. The average Bonchev–Trinajstić information content (AvgIpc) is 2.31. The van der Waals surface area contributed by atoms with Gasteiger partial charge in [0.1, 0.15) is 11.4 Å². The second-order valence-electron chi connectivity index (χ2n) is 5.99. The Morgan fingerprint density at radius 2 is 1.95 bits per heavy atom. The first-order valence-corrected chi connectivity index (χ1v) is 6.69. The van der Waals surface area contributed by atoms with E-state index < -0.39 is 6.10 Å². The highest BCUT2D eigenvalue weighted by atomic mass is 16.5. The molecule has 2 unspecified atom stereocenters. The molecule has 0 saturated heterocycles. The molecule has 0 amide bonds. The van der Waals surface area contributed by atoms with Gasteiger partial charge in [0, 0.05) is 11.6 Å². The van der Waals surface area contributed by atoms with Gasteiger partial charge in [-0.3, -0.25) is 0 Å². The Hall–Kier alpha value is -1.32. The van der Waals surface area contributed by atoms with E-state index in [0.29, 0.717) is 0 Å². The van der Waals surface area contributed by atoms with Crippen molar-refractivity contribution in [1.29, 1.82) is 0 Å². The summed E-state index contributed by atoms with van der Waals surface area (Å²) in [4.78, 5) is 0. The van der Waals surface area contributed by atoms with Gasteiger partial charge in [0.2, 0.25) is 0 Å².